The minimum Gasteiger partial charge on any atom is -0.317 e. The van der Waals surface area contributed by atoms with Crippen molar-refractivity contribution in [1.29, 1.82) is 0 Å². The van der Waals surface area contributed by atoms with Gasteiger partial charge >= 0.3 is 0 Å². The monoisotopic (exact) mass is 250 g/mol. The molecule has 4 fully saturated rings. The molecule has 5 heteroatoms. The summed E-state index contributed by atoms with van der Waals surface area (Å²) >= 11 is 0. The van der Waals surface area contributed by atoms with Crippen molar-refractivity contribution in [3.05, 3.63) is 0 Å². The topological polar surface area (TPSA) is 56.7 Å². The van der Waals surface area contributed by atoms with Gasteiger partial charge in [-0.05, 0) is 51.9 Å². The minimum absolute atomic E-state index is 0.112. The van der Waals surface area contributed by atoms with Crippen molar-refractivity contribution in [3.8, 4) is 0 Å². The van der Waals surface area contributed by atoms with Crippen LogP contribution in [0.2, 0.25) is 0 Å². The van der Waals surface area contributed by atoms with Crippen molar-refractivity contribution >= 4 is 11.6 Å². The van der Waals surface area contributed by atoms with Crippen LogP contribution >= 0.6 is 0 Å². The highest BCUT2D eigenvalue weighted by Gasteiger charge is 2.31. The van der Waals surface area contributed by atoms with Gasteiger partial charge in [-0.3, -0.25) is 9.69 Å². The number of carbonyl (C=O) groups is 1. The van der Waals surface area contributed by atoms with Crippen LogP contribution in [0.3, 0.4) is 0 Å². The van der Waals surface area contributed by atoms with E-state index >= 15 is 0 Å². The largest absolute Gasteiger partial charge is 0.317 e. The van der Waals surface area contributed by atoms with E-state index in [-0.39, 0.29) is 11.8 Å². The van der Waals surface area contributed by atoms with Crippen molar-refractivity contribution in [3.63, 3.8) is 0 Å². The molecule has 18 heavy (non-hydrogen) atoms. The van der Waals surface area contributed by atoms with Crippen molar-refractivity contribution in [2.75, 3.05) is 32.7 Å². The Hall–Kier alpha value is -0.940. The normalized spacial score (nSPS) is 34.8. The molecule has 0 atom stereocenters. The van der Waals surface area contributed by atoms with Crippen molar-refractivity contribution < 1.29 is 4.79 Å². The first-order valence-corrected chi connectivity index (χ1v) is 7.12. The summed E-state index contributed by atoms with van der Waals surface area (Å²) in [6, 6.07) is 0. The maximum Gasteiger partial charge on any atom is 0.243 e. The molecule has 4 rings (SSSR count). The molecule has 5 nitrogen and oxygen atoms in total. The lowest BCUT2D eigenvalue weighted by Gasteiger charge is -2.39. The summed E-state index contributed by atoms with van der Waals surface area (Å²) in [5, 5.41) is 7.67. The standard InChI is InChI=1S/C13H22N4O/c18-13(11-1-5-14-6-2-11)16-15-12-9-17-7-3-10(12)4-8-17/h10-11,14H,1-9H2,(H,16,18)/b15-12+. The minimum atomic E-state index is 0.112. The summed E-state index contributed by atoms with van der Waals surface area (Å²) in [5.41, 5.74) is 3.99. The van der Waals surface area contributed by atoms with E-state index in [1.54, 1.807) is 0 Å². The molecule has 2 N–H and O–H groups in total. The van der Waals surface area contributed by atoms with Gasteiger partial charge in [0, 0.05) is 18.4 Å². The van der Waals surface area contributed by atoms with Gasteiger partial charge in [0.2, 0.25) is 5.91 Å². The fourth-order valence-corrected chi connectivity index (χ4v) is 3.21. The number of rotatable bonds is 2. The zero-order chi connectivity index (χ0) is 12.4. The van der Waals surface area contributed by atoms with Gasteiger partial charge in [0.1, 0.15) is 0 Å². The Bertz CT molecular complexity index is 341. The Labute approximate surface area is 108 Å². The number of piperidine rings is 4. The maximum absolute atomic E-state index is 12.0. The van der Waals surface area contributed by atoms with E-state index in [0.717, 1.165) is 32.5 Å². The Balaban J connectivity index is 1.55. The van der Waals surface area contributed by atoms with Gasteiger partial charge in [-0.25, -0.2) is 5.43 Å². The Morgan fingerprint density at radius 2 is 1.94 bits per heavy atom. The van der Waals surface area contributed by atoms with Gasteiger partial charge < -0.3 is 5.32 Å². The lowest BCUT2D eigenvalue weighted by atomic mass is 9.87. The first-order chi connectivity index (χ1) is 8.83. The molecule has 0 aromatic heterocycles. The lowest BCUT2D eigenvalue weighted by Crippen LogP contribution is -2.48. The molecule has 4 aliphatic rings. The van der Waals surface area contributed by atoms with Crippen LogP contribution < -0.4 is 10.7 Å². The van der Waals surface area contributed by atoms with Gasteiger partial charge in [-0.15, -0.1) is 0 Å². The molecular formula is C13H22N4O. The zero-order valence-corrected chi connectivity index (χ0v) is 10.8. The highest BCUT2D eigenvalue weighted by Crippen LogP contribution is 2.25. The van der Waals surface area contributed by atoms with Crippen molar-refractivity contribution in [2.45, 2.75) is 25.7 Å². The molecule has 0 saturated carbocycles. The summed E-state index contributed by atoms with van der Waals surface area (Å²) in [6.45, 7) is 5.26. The van der Waals surface area contributed by atoms with E-state index in [9.17, 15) is 4.79 Å². The average molecular weight is 250 g/mol. The van der Waals surface area contributed by atoms with E-state index in [0.29, 0.717) is 5.92 Å². The first-order valence-electron chi connectivity index (χ1n) is 7.12. The van der Waals surface area contributed by atoms with E-state index < -0.39 is 0 Å². The smallest absolute Gasteiger partial charge is 0.243 e. The van der Waals surface area contributed by atoms with Gasteiger partial charge in [-0.1, -0.05) is 0 Å². The van der Waals surface area contributed by atoms with Gasteiger partial charge in [0.15, 0.2) is 0 Å². The number of carbonyl (C=O) groups excluding carboxylic acids is 1. The van der Waals surface area contributed by atoms with Crippen LogP contribution in [-0.4, -0.2) is 49.2 Å². The molecule has 0 aromatic carbocycles. The number of hydrazone groups is 1. The van der Waals surface area contributed by atoms with Crippen LogP contribution in [0, 0.1) is 11.8 Å². The predicted molar refractivity (Wildman–Crippen MR) is 70.3 cm³/mol. The fraction of sp³-hybridized carbons (Fsp3) is 0.846. The average Bonchev–Trinajstić information content (AvgIpc) is 2.47. The molecule has 4 aliphatic heterocycles. The second-order valence-corrected chi connectivity index (χ2v) is 5.65. The molecule has 0 spiro atoms. The Morgan fingerprint density at radius 3 is 2.56 bits per heavy atom. The van der Waals surface area contributed by atoms with Crippen LogP contribution in [0.25, 0.3) is 0 Å². The summed E-state index contributed by atoms with van der Waals surface area (Å²) in [6.07, 6.45) is 4.29. The molecule has 4 saturated heterocycles. The summed E-state index contributed by atoms with van der Waals surface area (Å²) in [7, 11) is 0. The van der Waals surface area contributed by atoms with Gasteiger partial charge in [0.25, 0.3) is 0 Å². The predicted octanol–water partition coefficient (Wildman–Crippen LogP) is 0.184. The molecule has 100 valence electrons. The van der Waals surface area contributed by atoms with Gasteiger partial charge in [0.05, 0.1) is 5.71 Å². The van der Waals surface area contributed by atoms with Crippen LogP contribution in [0.5, 0.6) is 0 Å². The summed E-state index contributed by atoms with van der Waals surface area (Å²) in [4.78, 5) is 14.4. The summed E-state index contributed by atoms with van der Waals surface area (Å²) in [5.74, 6) is 0.875. The molecule has 4 heterocycles. The molecule has 0 unspecified atom stereocenters. The molecule has 2 bridgehead atoms. The van der Waals surface area contributed by atoms with Gasteiger partial charge in [-0.2, -0.15) is 5.10 Å². The summed E-state index contributed by atoms with van der Waals surface area (Å²) < 4.78 is 0. The Morgan fingerprint density at radius 1 is 1.22 bits per heavy atom. The molecule has 0 aromatic rings. The third kappa shape index (κ3) is 2.57. The third-order valence-electron chi connectivity index (χ3n) is 4.46. The molecule has 0 radical (unpaired) electrons. The van der Waals surface area contributed by atoms with E-state index in [1.807, 2.05) is 0 Å². The lowest BCUT2D eigenvalue weighted by molar-refractivity contribution is -0.125. The van der Waals surface area contributed by atoms with Crippen LogP contribution in [-0.2, 0) is 4.79 Å². The molecule has 0 aliphatic carbocycles. The van der Waals surface area contributed by atoms with Crippen molar-refractivity contribution in [2.24, 2.45) is 16.9 Å². The number of amides is 1. The number of nitrogens with zero attached hydrogens (tertiary/aromatic N) is 2. The molecule has 1 amide bonds. The van der Waals surface area contributed by atoms with Crippen molar-refractivity contribution in [1.82, 2.24) is 15.6 Å². The number of nitrogens with one attached hydrogen (secondary N) is 2. The molecular weight excluding hydrogens is 228 g/mol. The highest BCUT2D eigenvalue weighted by molar-refractivity contribution is 5.91. The number of hydrogen-bond donors (Lipinski definition) is 2. The highest BCUT2D eigenvalue weighted by atomic mass is 16.2. The first kappa shape index (κ1) is 12.1. The van der Waals surface area contributed by atoms with E-state index in [4.69, 9.17) is 0 Å². The number of fused-ring (bicyclic) bond motifs is 3. The zero-order valence-electron chi connectivity index (χ0n) is 10.8. The van der Waals surface area contributed by atoms with Crippen LogP contribution in [0.1, 0.15) is 25.7 Å². The second kappa shape index (κ2) is 5.36. The maximum atomic E-state index is 12.0. The third-order valence-corrected chi connectivity index (χ3v) is 4.46. The van der Waals surface area contributed by atoms with E-state index in [1.165, 1.54) is 31.6 Å². The van der Waals surface area contributed by atoms with Crippen LogP contribution in [0.4, 0.5) is 0 Å². The van der Waals surface area contributed by atoms with Crippen LogP contribution in [0.15, 0.2) is 5.10 Å². The Kier molecular flexibility index (Phi) is 3.61. The van der Waals surface area contributed by atoms with E-state index in [2.05, 4.69) is 20.7 Å². The number of hydrogen-bond acceptors (Lipinski definition) is 4. The second-order valence-electron chi connectivity index (χ2n) is 5.65. The quantitative estimate of drug-likeness (QED) is 0.688. The SMILES string of the molecule is O=C(N/N=C1\CN2CCC1CC2)C1CCNCC1. The fourth-order valence-electron chi connectivity index (χ4n) is 3.21.